The Hall–Kier alpha value is -2.83. The van der Waals surface area contributed by atoms with E-state index in [9.17, 15) is 18.7 Å². The lowest BCUT2D eigenvalue weighted by Gasteiger charge is -2.38. The number of piperidine rings is 1. The minimum atomic E-state index is -1.14. The molecule has 0 saturated carbocycles. The molecule has 1 aliphatic rings. The number of halogens is 2. The van der Waals surface area contributed by atoms with E-state index in [1.165, 1.54) is 11.6 Å². The van der Waals surface area contributed by atoms with Crippen LogP contribution in [0, 0.1) is 17.0 Å². The van der Waals surface area contributed by atoms with Crippen LogP contribution in [0.3, 0.4) is 0 Å². The van der Waals surface area contributed by atoms with Crippen LogP contribution in [-0.2, 0) is 7.05 Å². The van der Waals surface area contributed by atoms with E-state index >= 15 is 0 Å². The summed E-state index contributed by atoms with van der Waals surface area (Å²) in [6.45, 7) is 6.46. The molecule has 5 nitrogen and oxygen atoms in total. The maximum Gasteiger partial charge on any atom is 0.333 e. The van der Waals surface area contributed by atoms with Gasteiger partial charge in [0.2, 0.25) is 0 Å². The van der Waals surface area contributed by atoms with Gasteiger partial charge < -0.3 is 10.0 Å². The van der Waals surface area contributed by atoms with Crippen molar-refractivity contribution in [2.75, 3.05) is 18.0 Å². The molecule has 0 spiro atoms. The lowest BCUT2D eigenvalue weighted by molar-refractivity contribution is 0.280. The summed E-state index contributed by atoms with van der Waals surface area (Å²) in [4.78, 5) is 15.0. The largest absolute Gasteiger partial charge is 0.503 e. The summed E-state index contributed by atoms with van der Waals surface area (Å²) in [5.74, 6) is -3.32. The number of nitrogens with zero attached hydrogens (tertiary/aromatic N) is 3. The zero-order chi connectivity index (χ0) is 20.2. The van der Waals surface area contributed by atoms with Crippen LogP contribution in [0.4, 0.5) is 14.5 Å². The van der Waals surface area contributed by atoms with E-state index < -0.39 is 23.1 Å². The molecule has 1 aliphatic heterocycles. The SMILES string of the molecule is Cn1c(=O)n(-c2ccc(N3CCC(C)(C)CC3)cc2)c2c(F)c(O)c(F)cc21. The number of rotatable bonds is 2. The van der Waals surface area contributed by atoms with Gasteiger partial charge in [-0.05, 0) is 42.5 Å². The van der Waals surface area contributed by atoms with Gasteiger partial charge in [-0.3, -0.25) is 9.13 Å². The standard InChI is InChI=1S/C21H23F2N3O2/c1-21(2)8-10-25(11-9-21)13-4-6-14(7-5-13)26-18-16(24(3)20(26)28)12-15(22)19(27)17(18)23/h4-7,12,27H,8-11H2,1-3H3. The van der Waals surface area contributed by atoms with Crippen molar-refractivity contribution < 1.29 is 13.9 Å². The highest BCUT2D eigenvalue weighted by atomic mass is 19.1. The number of hydrogen-bond donors (Lipinski definition) is 1. The fourth-order valence-corrected chi connectivity index (χ4v) is 3.83. The first-order chi connectivity index (χ1) is 13.2. The van der Waals surface area contributed by atoms with Crippen LogP contribution in [0.15, 0.2) is 35.1 Å². The number of benzene rings is 2. The van der Waals surface area contributed by atoms with Gasteiger partial charge in [0.15, 0.2) is 17.4 Å². The predicted octanol–water partition coefficient (Wildman–Crippen LogP) is 3.94. The van der Waals surface area contributed by atoms with Crippen LogP contribution < -0.4 is 10.6 Å². The first-order valence-electron chi connectivity index (χ1n) is 9.33. The monoisotopic (exact) mass is 387 g/mol. The number of imidazole rings is 1. The van der Waals surface area contributed by atoms with Crippen LogP contribution in [0.1, 0.15) is 26.7 Å². The minimum Gasteiger partial charge on any atom is -0.503 e. The van der Waals surface area contributed by atoms with E-state index in [4.69, 9.17) is 0 Å². The average molecular weight is 387 g/mol. The Kier molecular flexibility index (Phi) is 4.21. The number of fused-ring (bicyclic) bond motifs is 1. The molecule has 1 N–H and O–H groups in total. The summed E-state index contributed by atoms with van der Waals surface area (Å²) in [6.07, 6.45) is 2.21. The van der Waals surface area contributed by atoms with Crippen molar-refractivity contribution in [3.63, 3.8) is 0 Å². The quantitative estimate of drug-likeness (QED) is 0.725. The molecule has 2 aromatic carbocycles. The maximum absolute atomic E-state index is 14.6. The van der Waals surface area contributed by atoms with E-state index in [-0.39, 0.29) is 11.0 Å². The second kappa shape index (κ2) is 6.36. The van der Waals surface area contributed by atoms with E-state index in [0.717, 1.165) is 42.3 Å². The predicted molar refractivity (Wildman–Crippen MR) is 105 cm³/mol. The third kappa shape index (κ3) is 2.85. The van der Waals surface area contributed by atoms with E-state index in [1.54, 1.807) is 12.1 Å². The molecule has 1 saturated heterocycles. The molecule has 0 aliphatic carbocycles. The minimum absolute atomic E-state index is 0.0835. The van der Waals surface area contributed by atoms with E-state index in [2.05, 4.69) is 18.7 Å². The first kappa shape index (κ1) is 18.5. The lowest BCUT2D eigenvalue weighted by atomic mass is 9.82. The molecule has 0 bridgehead atoms. The molecule has 2 heterocycles. The van der Waals surface area contributed by atoms with Gasteiger partial charge in [0, 0.05) is 31.9 Å². The fraction of sp³-hybridized carbons (Fsp3) is 0.381. The Labute approximate surface area is 161 Å². The fourth-order valence-electron chi connectivity index (χ4n) is 3.83. The second-order valence-electron chi connectivity index (χ2n) is 8.23. The third-order valence-electron chi connectivity index (χ3n) is 5.80. The van der Waals surface area contributed by atoms with Crippen molar-refractivity contribution in [1.82, 2.24) is 9.13 Å². The number of phenols is 1. The van der Waals surface area contributed by atoms with Crippen molar-refractivity contribution in [2.24, 2.45) is 12.5 Å². The highest BCUT2D eigenvalue weighted by Gasteiger charge is 2.26. The van der Waals surface area contributed by atoms with Crippen molar-refractivity contribution in [1.29, 1.82) is 0 Å². The highest BCUT2D eigenvalue weighted by Crippen LogP contribution is 2.33. The average Bonchev–Trinajstić information content (AvgIpc) is 2.91. The number of phenolic OH excluding ortho intramolecular Hbond substituents is 1. The summed E-state index contributed by atoms with van der Waals surface area (Å²) in [7, 11) is 1.45. The number of aromatic nitrogens is 2. The van der Waals surface area contributed by atoms with Gasteiger partial charge in [-0.2, -0.15) is 0 Å². The zero-order valence-electron chi connectivity index (χ0n) is 16.2. The molecular formula is C21H23F2N3O2. The number of aryl methyl sites for hydroxylation is 1. The molecule has 1 fully saturated rings. The van der Waals surface area contributed by atoms with Gasteiger partial charge in [-0.1, -0.05) is 13.8 Å². The second-order valence-corrected chi connectivity index (χ2v) is 8.23. The summed E-state index contributed by atoms with van der Waals surface area (Å²) in [5, 5.41) is 9.65. The topological polar surface area (TPSA) is 50.4 Å². The van der Waals surface area contributed by atoms with Crippen molar-refractivity contribution in [3.8, 4) is 11.4 Å². The number of anilines is 1. The van der Waals surface area contributed by atoms with Gasteiger partial charge in [0.05, 0.1) is 11.2 Å². The van der Waals surface area contributed by atoms with Crippen molar-refractivity contribution in [2.45, 2.75) is 26.7 Å². The molecule has 3 aromatic rings. The summed E-state index contributed by atoms with van der Waals surface area (Å²) >= 11 is 0. The van der Waals surface area contributed by atoms with Crippen molar-refractivity contribution in [3.05, 3.63) is 52.5 Å². The molecule has 148 valence electrons. The maximum atomic E-state index is 14.6. The summed E-state index contributed by atoms with van der Waals surface area (Å²) in [6, 6.07) is 8.27. The van der Waals surface area contributed by atoms with E-state index in [1.807, 2.05) is 12.1 Å². The molecule has 0 radical (unpaired) electrons. The molecular weight excluding hydrogens is 364 g/mol. The Balaban J connectivity index is 1.76. The van der Waals surface area contributed by atoms with Gasteiger partial charge in [0.25, 0.3) is 0 Å². The Morgan fingerprint density at radius 3 is 2.21 bits per heavy atom. The first-order valence-corrected chi connectivity index (χ1v) is 9.33. The number of aromatic hydroxyl groups is 1. The van der Waals surface area contributed by atoms with Crippen LogP contribution in [0.2, 0.25) is 0 Å². The van der Waals surface area contributed by atoms with E-state index in [0.29, 0.717) is 11.1 Å². The Morgan fingerprint density at radius 2 is 1.61 bits per heavy atom. The normalized spacial score (nSPS) is 16.7. The zero-order valence-corrected chi connectivity index (χ0v) is 16.2. The third-order valence-corrected chi connectivity index (χ3v) is 5.80. The lowest BCUT2D eigenvalue weighted by Crippen LogP contribution is -2.37. The van der Waals surface area contributed by atoms with Gasteiger partial charge in [0.1, 0.15) is 5.52 Å². The highest BCUT2D eigenvalue weighted by molar-refractivity contribution is 5.81. The van der Waals surface area contributed by atoms with Gasteiger partial charge in [-0.15, -0.1) is 0 Å². The summed E-state index contributed by atoms with van der Waals surface area (Å²) < 4.78 is 30.6. The molecule has 4 rings (SSSR count). The van der Waals surface area contributed by atoms with Crippen molar-refractivity contribution >= 4 is 16.7 Å². The van der Waals surface area contributed by atoms with Crippen LogP contribution in [0.25, 0.3) is 16.7 Å². The van der Waals surface area contributed by atoms with Crippen LogP contribution >= 0.6 is 0 Å². The summed E-state index contributed by atoms with van der Waals surface area (Å²) in [5.41, 5.74) is 1.29. The Bertz CT molecular complexity index is 1100. The van der Waals surface area contributed by atoms with Gasteiger partial charge >= 0.3 is 5.69 Å². The van der Waals surface area contributed by atoms with Crippen LogP contribution in [0.5, 0.6) is 5.75 Å². The molecule has 0 unspecified atom stereocenters. The van der Waals surface area contributed by atoms with Gasteiger partial charge in [-0.25, -0.2) is 13.6 Å². The molecule has 28 heavy (non-hydrogen) atoms. The molecule has 0 atom stereocenters. The Morgan fingerprint density at radius 1 is 1.04 bits per heavy atom. The smallest absolute Gasteiger partial charge is 0.333 e. The molecule has 1 aromatic heterocycles. The van der Waals surface area contributed by atoms with Crippen LogP contribution in [-0.4, -0.2) is 27.3 Å². The molecule has 0 amide bonds. The molecule has 7 heteroatoms. The number of hydrogen-bond acceptors (Lipinski definition) is 3.